The number of nitrogens with one attached hydrogen (secondary N) is 1. The number of carbonyl (C=O) groups is 1. The van der Waals surface area contributed by atoms with Gasteiger partial charge in [-0.15, -0.1) is 0 Å². The molecule has 0 saturated carbocycles. The van der Waals surface area contributed by atoms with Gasteiger partial charge in [0, 0.05) is 19.0 Å². The quantitative estimate of drug-likeness (QED) is 0.484. The Morgan fingerprint density at radius 2 is 2.40 bits per heavy atom. The molecule has 0 bridgehead atoms. The average Bonchev–Trinajstić information content (AvgIpc) is 1.90. The molecule has 0 unspecified atom stereocenters. The van der Waals surface area contributed by atoms with Crippen LogP contribution in [0.25, 0.3) is 0 Å². The summed E-state index contributed by atoms with van der Waals surface area (Å²) in [7, 11) is 1.78. The van der Waals surface area contributed by atoms with Crippen LogP contribution in [-0.4, -0.2) is 30.7 Å². The van der Waals surface area contributed by atoms with Crippen LogP contribution < -0.4 is 11.1 Å². The van der Waals surface area contributed by atoms with Crippen LogP contribution in [0.15, 0.2) is 0 Å². The molecule has 0 heterocycles. The van der Waals surface area contributed by atoms with Crippen molar-refractivity contribution in [2.24, 2.45) is 5.73 Å². The van der Waals surface area contributed by atoms with Crippen molar-refractivity contribution in [1.82, 2.24) is 5.32 Å². The van der Waals surface area contributed by atoms with Gasteiger partial charge in [0.2, 0.25) is 0 Å². The molecular formula is C6H14N2O2. The third-order valence-electron chi connectivity index (χ3n) is 1.40. The fraction of sp³-hybridized carbons (Fsp3) is 0.833. The predicted octanol–water partition coefficient (Wildman–Crippen LogP) is -0.602. The minimum Gasteiger partial charge on any atom is -0.481 e. The van der Waals surface area contributed by atoms with E-state index in [0.717, 1.165) is 0 Å². The monoisotopic (exact) mass is 146 g/mol. The maximum absolute atomic E-state index is 10.1. The minimum absolute atomic E-state index is 0.135. The second-order valence-electron chi connectivity index (χ2n) is 2.15. The lowest BCUT2D eigenvalue weighted by molar-refractivity contribution is -0.137. The Morgan fingerprint density at radius 3 is 2.70 bits per heavy atom. The molecule has 0 radical (unpaired) electrons. The number of carboxylic acid groups (broad SMARTS) is 1. The fourth-order valence-electron chi connectivity index (χ4n) is 0.678. The molecule has 4 nitrogen and oxygen atoms in total. The van der Waals surface area contributed by atoms with Crippen molar-refractivity contribution in [3.05, 3.63) is 0 Å². The summed E-state index contributed by atoms with van der Waals surface area (Å²) in [5.41, 5.74) is 5.31. The first kappa shape index (κ1) is 9.39. The van der Waals surface area contributed by atoms with Crippen molar-refractivity contribution >= 4 is 5.97 Å². The number of carboxylic acids is 1. The summed E-state index contributed by atoms with van der Waals surface area (Å²) in [6, 6.07) is 0.135. The van der Waals surface area contributed by atoms with E-state index in [2.05, 4.69) is 5.32 Å². The summed E-state index contributed by atoms with van der Waals surface area (Å²) < 4.78 is 0. The molecule has 0 saturated heterocycles. The van der Waals surface area contributed by atoms with E-state index in [9.17, 15) is 4.79 Å². The lowest BCUT2D eigenvalue weighted by atomic mass is 10.1. The molecule has 4 heteroatoms. The highest BCUT2D eigenvalue weighted by atomic mass is 16.4. The SMILES string of the molecule is CN[C@@H](CN)CCC(=O)O. The van der Waals surface area contributed by atoms with Gasteiger partial charge in [0.25, 0.3) is 0 Å². The first-order valence-electron chi connectivity index (χ1n) is 3.29. The standard InChI is InChI=1S/C6H14N2O2/c1-8-5(4-7)2-3-6(9)10/h5,8H,2-4,7H2,1H3,(H,9,10)/t5-/m1/s1. The Bertz CT molecular complexity index is 102. The van der Waals surface area contributed by atoms with Crippen molar-refractivity contribution in [3.8, 4) is 0 Å². The summed E-state index contributed by atoms with van der Waals surface area (Å²) in [4.78, 5) is 10.1. The average molecular weight is 146 g/mol. The first-order valence-corrected chi connectivity index (χ1v) is 3.29. The Hall–Kier alpha value is -0.610. The largest absolute Gasteiger partial charge is 0.481 e. The Labute approximate surface area is 60.4 Å². The lowest BCUT2D eigenvalue weighted by Crippen LogP contribution is -2.33. The fourth-order valence-corrected chi connectivity index (χ4v) is 0.678. The van der Waals surface area contributed by atoms with E-state index in [0.29, 0.717) is 13.0 Å². The zero-order valence-electron chi connectivity index (χ0n) is 6.13. The van der Waals surface area contributed by atoms with Gasteiger partial charge in [0.1, 0.15) is 0 Å². The molecule has 0 rings (SSSR count). The topological polar surface area (TPSA) is 75.3 Å². The van der Waals surface area contributed by atoms with Crippen LogP contribution in [0.3, 0.4) is 0 Å². The summed E-state index contributed by atoms with van der Waals surface area (Å²) >= 11 is 0. The number of rotatable bonds is 5. The van der Waals surface area contributed by atoms with Gasteiger partial charge in [-0.3, -0.25) is 4.79 Å². The van der Waals surface area contributed by atoms with Crippen molar-refractivity contribution in [1.29, 1.82) is 0 Å². The molecule has 1 atom stereocenters. The summed E-state index contributed by atoms with van der Waals surface area (Å²) in [5.74, 6) is -0.770. The van der Waals surface area contributed by atoms with Crippen LogP contribution in [0.5, 0.6) is 0 Å². The van der Waals surface area contributed by atoms with Crippen LogP contribution in [0.1, 0.15) is 12.8 Å². The number of hydrogen-bond donors (Lipinski definition) is 3. The number of aliphatic carboxylic acids is 1. The Morgan fingerprint density at radius 1 is 1.80 bits per heavy atom. The van der Waals surface area contributed by atoms with E-state index in [1.165, 1.54) is 0 Å². The van der Waals surface area contributed by atoms with Crippen molar-refractivity contribution < 1.29 is 9.90 Å². The molecule has 0 aromatic rings. The minimum atomic E-state index is -0.770. The van der Waals surface area contributed by atoms with E-state index < -0.39 is 5.97 Å². The molecule has 0 fully saturated rings. The van der Waals surface area contributed by atoms with Gasteiger partial charge in [-0.2, -0.15) is 0 Å². The van der Waals surface area contributed by atoms with Crippen LogP contribution in [0.2, 0.25) is 0 Å². The zero-order valence-corrected chi connectivity index (χ0v) is 6.13. The highest BCUT2D eigenvalue weighted by molar-refractivity contribution is 5.66. The van der Waals surface area contributed by atoms with E-state index >= 15 is 0 Å². The molecule has 0 aromatic carbocycles. The molecule has 0 amide bonds. The highest BCUT2D eigenvalue weighted by Crippen LogP contribution is 1.93. The third kappa shape index (κ3) is 4.29. The smallest absolute Gasteiger partial charge is 0.303 e. The molecular weight excluding hydrogens is 132 g/mol. The number of hydrogen-bond acceptors (Lipinski definition) is 3. The van der Waals surface area contributed by atoms with Crippen molar-refractivity contribution in [3.63, 3.8) is 0 Å². The highest BCUT2D eigenvalue weighted by Gasteiger charge is 2.04. The van der Waals surface area contributed by atoms with Gasteiger partial charge in [0.05, 0.1) is 0 Å². The van der Waals surface area contributed by atoms with Gasteiger partial charge < -0.3 is 16.2 Å². The predicted molar refractivity (Wildman–Crippen MR) is 38.8 cm³/mol. The normalized spacial score (nSPS) is 13.0. The van der Waals surface area contributed by atoms with E-state index in [4.69, 9.17) is 10.8 Å². The van der Waals surface area contributed by atoms with Gasteiger partial charge in [-0.1, -0.05) is 0 Å². The summed E-state index contributed by atoms with van der Waals surface area (Å²) in [5, 5.41) is 11.2. The van der Waals surface area contributed by atoms with Gasteiger partial charge in [0.15, 0.2) is 0 Å². The van der Waals surface area contributed by atoms with Crippen LogP contribution in [0.4, 0.5) is 0 Å². The van der Waals surface area contributed by atoms with Crippen molar-refractivity contribution in [2.75, 3.05) is 13.6 Å². The summed E-state index contributed by atoms with van der Waals surface area (Å²) in [6.07, 6.45) is 0.783. The van der Waals surface area contributed by atoms with E-state index in [-0.39, 0.29) is 12.5 Å². The summed E-state index contributed by atoms with van der Waals surface area (Å²) in [6.45, 7) is 0.490. The molecule has 0 spiro atoms. The van der Waals surface area contributed by atoms with Crippen LogP contribution in [-0.2, 0) is 4.79 Å². The number of nitrogens with two attached hydrogens (primary N) is 1. The molecule has 10 heavy (non-hydrogen) atoms. The molecule has 0 aliphatic carbocycles. The van der Waals surface area contributed by atoms with Gasteiger partial charge in [-0.25, -0.2) is 0 Å². The molecule has 0 aromatic heterocycles. The number of likely N-dealkylation sites (N-methyl/N-ethyl adjacent to an activating group) is 1. The zero-order chi connectivity index (χ0) is 7.98. The molecule has 0 aliphatic heterocycles. The Kier molecular flexibility index (Phi) is 4.88. The van der Waals surface area contributed by atoms with E-state index in [1.54, 1.807) is 7.05 Å². The maximum Gasteiger partial charge on any atom is 0.303 e. The first-order chi connectivity index (χ1) is 4.70. The van der Waals surface area contributed by atoms with Gasteiger partial charge in [-0.05, 0) is 13.5 Å². The van der Waals surface area contributed by atoms with Crippen LogP contribution >= 0.6 is 0 Å². The lowest BCUT2D eigenvalue weighted by Gasteiger charge is -2.10. The Balaban J connectivity index is 3.34. The maximum atomic E-state index is 10.1. The van der Waals surface area contributed by atoms with Gasteiger partial charge >= 0.3 is 5.97 Å². The molecule has 0 aliphatic rings. The van der Waals surface area contributed by atoms with Crippen LogP contribution in [0, 0.1) is 0 Å². The molecule has 4 N–H and O–H groups in total. The van der Waals surface area contributed by atoms with Crippen molar-refractivity contribution in [2.45, 2.75) is 18.9 Å². The molecule has 60 valence electrons. The third-order valence-corrected chi connectivity index (χ3v) is 1.40. The van der Waals surface area contributed by atoms with E-state index in [1.807, 2.05) is 0 Å². The second-order valence-corrected chi connectivity index (χ2v) is 2.15. The second kappa shape index (κ2) is 5.20.